The summed E-state index contributed by atoms with van der Waals surface area (Å²) in [5.74, 6) is -0.716. The van der Waals surface area contributed by atoms with E-state index in [1.165, 1.54) is 6.07 Å². The van der Waals surface area contributed by atoms with Gasteiger partial charge in [-0.25, -0.2) is 9.37 Å². The topological polar surface area (TPSA) is 67.2 Å². The van der Waals surface area contributed by atoms with Gasteiger partial charge in [-0.1, -0.05) is 48.0 Å². The zero-order valence-corrected chi connectivity index (χ0v) is 20.4. The maximum absolute atomic E-state index is 14.4. The summed E-state index contributed by atoms with van der Waals surface area (Å²) in [7, 11) is 0. The Hall–Kier alpha value is -3.97. The van der Waals surface area contributed by atoms with Crippen LogP contribution >= 0.6 is 11.6 Å². The third-order valence-corrected chi connectivity index (χ3v) is 6.37. The zero-order valence-electron chi connectivity index (χ0n) is 19.6. The molecular weight excluding hydrogens is 479 g/mol. The van der Waals surface area contributed by atoms with Crippen LogP contribution in [0.15, 0.2) is 79.0 Å². The molecule has 8 heteroatoms. The maximum atomic E-state index is 14.4. The van der Waals surface area contributed by atoms with Crippen LogP contribution in [-0.4, -0.2) is 38.9 Å². The van der Waals surface area contributed by atoms with Crippen molar-refractivity contribution in [2.75, 3.05) is 11.9 Å². The Bertz CT molecular complexity index is 1420. The van der Waals surface area contributed by atoms with Crippen LogP contribution in [0, 0.1) is 12.7 Å². The van der Waals surface area contributed by atoms with Gasteiger partial charge in [0.25, 0.3) is 5.91 Å². The van der Waals surface area contributed by atoms with Crippen molar-refractivity contribution in [2.45, 2.75) is 25.8 Å². The number of benzene rings is 3. The number of hydrogen-bond donors (Lipinski definition) is 1. The molecule has 0 bridgehead atoms. The number of aryl methyl sites for hydroxylation is 1. The Morgan fingerprint density at radius 3 is 2.47 bits per heavy atom. The molecule has 0 unspecified atom stereocenters. The van der Waals surface area contributed by atoms with E-state index in [-0.39, 0.29) is 36.2 Å². The van der Waals surface area contributed by atoms with Crippen molar-refractivity contribution >= 4 is 29.4 Å². The second-order valence-electron chi connectivity index (χ2n) is 8.84. The van der Waals surface area contributed by atoms with Gasteiger partial charge in [0.15, 0.2) is 0 Å². The number of nitrogens with one attached hydrogen (secondary N) is 1. The average Bonchev–Trinajstić information content (AvgIpc) is 3.64. The maximum Gasteiger partial charge on any atom is 0.254 e. The molecule has 2 amide bonds. The molecule has 1 aromatic heterocycles. The molecule has 1 aliphatic carbocycles. The summed E-state index contributed by atoms with van der Waals surface area (Å²) in [5.41, 5.74) is 3.01. The number of nitrogens with zero attached hydrogens (tertiary/aromatic N) is 3. The molecule has 1 N–H and O–H groups in total. The molecular formula is C28H24ClFN4O2. The van der Waals surface area contributed by atoms with E-state index in [4.69, 9.17) is 11.6 Å². The lowest BCUT2D eigenvalue weighted by Crippen LogP contribution is -2.39. The van der Waals surface area contributed by atoms with E-state index in [1.54, 1.807) is 59.0 Å². The fraction of sp³-hybridized carbons (Fsp3) is 0.179. The second-order valence-corrected chi connectivity index (χ2v) is 9.27. The largest absolute Gasteiger partial charge is 0.326 e. The monoisotopic (exact) mass is 502 g/mol. The molecule has 0 saturated heterocycles. The summed E-state index contributed by atoms with van der Waals surface area (Å²) >= 11 is 5.95. The van der Waals surface area contributed by atoms with Crippen molar-refractivity contribution in [3.05, 3.63) is 101 Å². The van der Waals surface area contributed by atoms with Crippen LogP contribution in [0.5, 0.6) is 0 Å². The minimum atomic E-state index is -0.386. The van der Waals surface area contributed by atoms with E-state index >= 15 is 0 Å². The first-order valence-electron chi connectivity index (χ1n) is 11.7. The molecule has 1 saturated carbocycles. The fourth-order valence-corrected chi connectivity index (χ4v) is 4.10. The highest BCUT2D eigenvalue weighted by Gasteiger charge is 2.34. The highest BCUT2D eigenvalue weighted by molar-refractivity contribution is 6.30. The van der Waals surface area contributed by atoms with E-state index < -0.39 is 0 Å². The Kier molecular flexibility index (Phi) is 6.57. The molecule has 1 heterocycles. The van der Waals surface area contributed by atoms with Crippen molar-refractivity contribution in [3.8, 4) is 16.9 Å². The standard InChI is InChI=1S/C28H24ClFN4O2/c1-18-7-12-23(15-24(18)30)34-16-25(19-5-3-2-4-6-19)31-28(34)32-26(35)17-33(22-13-14-22)27(36)20-8-10-21(29)11-9-20/h2-12,15-16,22H,13-14,17H2,1H3,(H,31,32,35). The first-order valence-corrected chi connectivity index (χ1v) is 12.0. The summed E-state index contributed by atoms with van der Waals surface area (Å²) in [4.78, 5) is 32.5. The molecule has 0 spiro atoms. The predicted molar refractivity (Wildman–Crippen MR) is 138 cm³/mol. The van der Waals surface area contributed by atoms with Crippen LogP contribution in [-0.2, 0) is 4.79 Å². The normalized spacial score (nSPS) is 12.9. The molecule has 0 atom stereocenters. The Labute approximate surface area is 213 Å². The summed E-state index contributed by atoms with van der Waals surface area (Å²) in [5, 5.41) is 3.38. The van der Waals surface area contributed by atoms with Crippen molar-refractivity contribution < 1.29 is 14.0 Å². The fourth-order valence-electron chi connectivity index (χ4n) is 3.98. The van der Waals surface area contributed by atoms with Gasteiger partial charge in [-0.2, -0.15) is 0 Å². The summed E-state index contributed by atoms with van der Waals surface area (Å²) < 4.78 is 16.0. The predicted octanol–water partition coefficient (Wildman–Crippen LogP) is 5.88. The van der Waals surface area contributed by atoms with E-state index in [1.807, 2.05) is 30.3 Å². The number of carbonyl (C=O) groups excluding carboxylic acids is 2. The Balaban J connectivity index is 1.42. The van der Waals surface area contributed by atoms with E-state index in [9.17, 15) is 14.0 Å². The SMILES string of the molecule is Cc1ccc(-n2cc(-c3ccccc3)nc2NC(=O)CN(C(=O)c2ccc(Cl)cc2)C2CC2)cc1F. The van der Waals surface area contributed by atoms with Gasteiger partial charge in [0.05, 0.1) is 11.4 Å². The summed E-state index contributed by atoms with van der Waals surface area (Å²) in [6, 6.07) is 21.0. The first kappa shape index (κ1) is 23.8. The Morgan fingerprint density at radius 2 is 1.81 bits per heavy atom. The van der Waals surface area contributed by atoms with Crippen LogP contribution in [0.4, 0.5) is 10.3 Å². The van der Waals surface area contributed by atoms with Crippen LogP contribution in [0.1, 0.15) is 28.8 Å². The van der Waals surface area contributed by atoms with E-state index in [0.717, 1.165) is 18.4 Å². The van der Waals surface area contributed by atoms with E-state index in [2.05, 4.69) is 10.3 Å². The number of halogens is 2. The van der Waals surface area contributed by atoms with Gasteiger partial charge in [-0.3, -0.25) is 19.5 Å². The highest BCUT2D eigenvalue weighted by atomic mass is 35.5. The second kappa shape index (κ2) is 9.95. The van der Waals surface area contributed by atoms with Gasteiger partial charge in [-0.05, 0) is 61.7 Å². The molecule has 182 valence electrons. The molecule has 1 aliphatic rings. The molecule has 4 aromatic rings. The Morgan fingerprint density at radius 1 is 1.08 bits per heavy atom. The number of carbonyl (C=O) groups is 2. The summed E-state index contributed by atoms with van der Waals surface area (Å²) in [6.07, 6.45) is 3.46. The third kappa shape index (κ3) is 5.16. The number of amides is 2. The number of rotatable bonds is 7. The lowest BCUT2D eigenvalue weighted by Gasteiger charge is -2.22. The van der Waals surface area contributed by atoms with Crippen LogP contribution in [0.2, 0.25) is 5.02 Å². The number of aromatic nitrogens is 2. The first-order chi connectivity index (χ1) is 17.4. The number of anilines is 1. The van der Waals surface area contributed by atoms with Gasteiger partial charge in [0, 0.05) is 28.4 Å². The molecule has 6 nitrogen and oxygen atoms in total. The van der Waals surface area contributed by atoms with Crippen LogP contribution in [0.3, 0.4) is 0 Å². The van der Waals surface area contributed by atoms with Crippen molar-refractivity contribution in [1.82, 2.24) is 14.5 Å². The highest BCUT2D eigenvalue weighted by Crippen LogP contribution is 2.29. The smallest absolute Gasteiger partial charge is 0.254 e. The number of hydrogen-bond acceptors (Lipinski definition) is 3. The zero-order chi connectivity index (χ0) is 25.2. The lowest BCUT2D eigenvalue weighted by atomic mass is 10.2. The molecule has 0 radical (unpaired) electrons. The van der Waals surface area contributed by atoms with Gasteiger partial charge in [0.2, 0.25) is 11.9 Å². The van der Waals surface area contributed by atoms with Crippen LogP contribution < -0.4 is 5.32 Å². The quantitative estimate of drug-likeness (QED) is 0.343. The third-order valence-electron chi connectivity index (χ3n) is 6.11. The average molecular weight is 503 g/mol. The molecule has 0 aliphatic heterocycles. The van der Waals surface area contributed by atoms with Crippen molar-refractivity contribution in [2.24, 2.45) is 0 Å². The minimum absolute atomic E-state index is 0.0183. The van der Waals surface area contributed by atoms with Gasteiger partial charge >= 0.3 is 0 Å². The van der Waals surface area contributed by atoms with E-state index in [0.29, 0.717) is 27.5 Å². The van der Waals surface area contributed by atoms with Crippen molar-refractivity contribution in [1.29, 1.82) is 0 Å². The molecule has 3 aromatic carbocycles. The molecule has 36 heavy (non-hydrogen) atoms. The van der Waals surface area contributed by atoms with Crippen molar-refractivity contribution in [3.63, 3.8) is 0 Å². The lowest BCUT2D eigenvalue weighted by molar-refractivity contribution is -0.117. The van der Waals surface area contributed by atoms with Gasteiger partial charge in [-0.15, -0.1) is 0 Å². The number of imidazole rings is 1. The van der Waals surface area contributed by atoms with Gasteiger partial charge < -0.3 is 4.90 Å². The van der Waals surface area contributed by atoms with Gasteiger partial charge in [0.1, 0.15) is 12.4 Å². The minimum Gasteiger partial charge on any atom is -0.326 e. The summed E-state index contributed by atoms with van der Waals surface area (Å²) in [6.45, 7) is 1.57. The molecule has 5 rings (SSSR count). The molecule has 1 fully saturated rings. The van der Waals surface area contributed by atoms with Crippen LogP contribution in [0.25, 0.3) is 16.9 Å².